The first-order chi connectivity index (χ1) is 15.1. The third-order valence-electron chi connectivity index (χ3n) is 4.97. The fourth-order valence-corrected chi connectivity index (χ4v) is 3.49. The van der Waals surface area contributed by atoms with E-state index in [1.807, 2.05) is 0 Å². The van der Waals surface area contributed by atoms with E-state index in [-0.39, 0.29) is 46.7 Å². The number of carbonyl (C=O) groups excluding carboxylic acids is 1. The molecule has 32 heavy (non-hydrogen) atoms. The number of amides is 2. The van der Waals surface area contributed by atoms with Gasteiger partial charge in [0, 0.05) is 31.3 Å². The minimum atomic E-state index is -1.18. The van der Waals surface area contributed by atoms with Gasteiger partial charge in [0.1, 0.15) is 5.82 Å². The van der Waals surface area contributed by atoms with Crippen LogP contribution in [0.2, 0.25) is 5.02 Å². The highest BCUT2D eigenvalue weighted by molar-refractivity contribution is 6.31. The molecule has 0 unspecified atom stereocenters. The maximum absolute atomic E-state index is 14.0. The maximum atomic E-state index is 14.0. The summed E-state index contributed by atoms with van der Waals surface area (Å²) < 4.78 is 42.1. The summed E-state index contributed by atoms with van der Waals surface area (Å²) in [7, 11) is 1.36. The zero-order valence-electron chi connectivity index (χ0n) is 17.2. The van der Waals surface area contributed by atoms with Gasteiger partial charge in [0.2, 0.25) is 0 Å². The molecule has 0 aliphatic carbocycles. The molecule has 1 aromatic heterocycles. The number of benzene rings is 2. The molecular formula is C21H20ClF3N4O3. The number of hydrogen-bond donors (Lipinski definition) is 2. The summed E-state index contributed by atoms with van der Waals surface area (Å²) in [4.78, 5) is 26.7. The van der Waals surface area contributed by atoms with E-state index in [1.165, 1.54) is 24.1 Å². The van der Waals surface area contributed by atoms with Crippen molar-refractivity contribution in [1.82, 2.24) is 14.7 Å². The number of carbonyl (C=O) groups is 1. The lowest BCUT2D eigenvalue weighted by Crippen LogP contribution is -2.39. The van der Waals surface area contributed by atoms with Crippen LogP contribution in [-0.2, 0) is 7.05 Å². The molecule has 0 radical (unpaired) electrons. The van der Waals surface area contributed by atoms with Crippen molar-refractivity contribution in [2.75, 3.05) is 18.5 Å². The Morgan fingerprint density at radius 3 is 2.47 bits per heavy atom. The van der Waals surface area contributed by atoms with E-state index in [9.17, 15) is 27.9 Å². The lowest BCUT2D eigenvalue weighted by atomic mass is 10.0. The summed E-state index contributed by atoms with van der Waals surface area (Å²) in [5, 5.41) is 15.8. The average Bonchev–Trinajstić information content (AvgIpc) is 2.75. The SMILES string of the molecule is C[C@@H](c1nn(C)c(=O)c2cc(F)c(F)cc12)N(CCCO)C(=O)Nc1ccc(F)c(Cl)c1. The van der Waals surface area contributed by atoms with Gasteiger partial charge in [0.15, 0.2) is 11.6 Å². The van der Waals surface area contributed by atoms with Crippen LogP contribution in [0.25, 0.3) is 10.8 Å². The minimum absolute atomic E-state index is 0.0612. The standard InChI is InChI=1S/C21H20ClF3N4O3/c1-11(19-13-9-17(24)18(25)10-14(13)20(31)28(2)27-19)29(6-3-7-30)21(32)26-12-4-5-16(23)15(22)8-12/h4-5,8-11,30H,3,6-7H2,1-2H3,(H,26,32)/t11-/m0/s1. The second-order valence-electron chi connectivity index (χ2n) is 7.13. The Morgan fingerprint density at radius 1 is 1.19 bits per heavy atom. The van der Waals surface area contributed by atoms with Gasteiger partial charge in [-0.1, -0.05) is 11.6 Å². The van der Waals surface area contributed by atoms with Crippen molar-refractivity contribution in [3.63, 3.8) is 0 Å². The first-order valence-corrected chi connectivity index (χ1v) is 10.0. The molecule has 0 aliphatic heterocycles. The van der Waals surface area contributed by atoms with Crippen molar-refractivity contribution in [3.05, 3.63) is 68.9 Å². The van der Waals surface area contributed by atoms with E-state index in [2.05, 4.69) is 10.4 Å². The van der Waals surface area contributed by atoms with E-state index in [4.69, 9.17) is 11.6 Å². The molecule has 1 atom stereocenters. The molecule has 0 saturated carbocycles. The quantitative estimate of drug-likeness (QED) is 0.573. The molecule has 1 heterocycles. The highest BCUT2D eigenvalue weighted by atomic mass is 35.5. The van der Waals surface area contributed by atoms with Gasteiger partial charge in [-0.15, -0.1) is 0 Å². The molecule has 0 aliphatic rings. The summed E-state index contributed by atoms with van der Waals surface area (Å²) in [6.07, 6.45) is 0.217. The summed E-state index contributed by atoms with van der Waals surface area (Å²) in [5.41, 5.74) is -0.234. The molecule has 0 fully saturated rings. The van der Waals surface area contributed by atoms with Crippen molar-refractivity contribution in [1.29, 1.82) is 0 Å². The van der Waals surface area contributed by atoms with E-state index in [0.717, 1.165) is 22.9 Å². The van der Waals surface area contributed by atoms with Gasteiger partial charge in [-0.05, 0) is 43.7 Å². The predicted octanol–water partition coefficient (Wildman–Crippen LogP) is 3.98. The van der Waals surface area contributed by atoms with Crippen LogP contribution in [0.3, 0.4) is 0 Å². The summed E-state index contributed by atoms with van der Waals surface area (Å²) in [6.45, 7) is 1.47. The van der Waals surface area contributed by atoms with Gasteiger partial charge >= 0.3 is 6.03 Å². The number of hydrogen-bond acceptors (Lipinski definition) is 4. The molecule has 0 bridgehead atoms. The van der Waals surface area contributed by atoms with Crippen LogP contribution in [-0.4, -0.2) is 39.0 Å². The Hall–Kier alpha value is -3.11. The monoisotopic (exact) mass is 468 g/mol. The van der Waals surface area contributed by atoms with Crippen LogP contribution in [0.4, 0.5) is 23.7 Å². The molecule has 2 N–H and O–H groups in total. The van der Waals surface area contributed by atoms with Crippen molar-refractivity contribution in [2.24, 2.45) is 7.05 Å². The van der Waals surface area contributed by atoms with Crippen molar-refractivity contribution in [2.45, 2.75) is 19.4 Å². The van der Waals surface area contributed by atoms with Gasteiger partial charge in [-0.2, -0.15) is 5.10 Å². The fourth-order valence-electron chi connectivity index (χ4n) is 3.31. The van der Waals surface area contributed by atoms with Gasteiger partial charge in [-0.25, -0.2) is 22.6 Å². The first kappa shape index (κ1) is 23.6. The number of halogens is 4. The fraction of sp³-hybridized carbons (Fsp3) is 0.286. The van der Waals surface area contributed by atoms with Crippen molar-refractivity contribution in [3.8, 4) is 0 Å². The van der Waals surface area contributed by atoms with Gasteiger partial charge in [0.05, 0.1) is 22.1 Å². The number of rotatable bonds is 6. The van der Waals surface area contributed by atoms with Gasteiger partial charge in [0.25, 0.3) is 5.56 Å². The van der Waals surface area contributed by atoms with Crippen LogP contribution >= 0.6 is 11.6 Å². The van der Waals surface area contributed by atoms with Crippen molar-refractivity contribution >= 4 is 34.1 Å². The van der Waals surface area contributed by atoms with Crippen LogP contribution in [0.5, 0.6) is 0 Å². The van der Waals surface area contributed by atoms with Crippen LogP contribution in [0.1, 0.15) is 25.1 Å². The molecule has 3 aromatic rings. The maximum Gasteiger partial charge on any atom is 0.322 e. The highest BCUT2D eigenvalue weighted by Crippen LogP contribution is 2.28. The summed E-state index contributed by atoms with van der Waals surface area (Å²) >= 11 is 5.76. The number of aryl methyl sites for hydroxylation is 1. The molecular weight excluding hydrogens is 449 g/mol. The number of fused-ring (bicyclic) bond motifs is 1. The van der Waals surface area contributed by atoms with Crippen LogP contribution < -0.4 is 10.9 Å². The molecule has 170 valence electrons. The van der Waals surface area contributed by atoms with Gasteiger partial charge < -0.3 is 15.3 Å². The Labute approximate surface area is 186 Å². The molecule has 7 nitrogen and oxygen atoms in total. The third kappa shape index (κ3) is 4.71. The summed E-state index contributed by atoms with van der Waals surface area (Å²) in [6, 6.07) is 3.89. The molecule has 11 heteroatoms. The third-order valence-corrected chi connectivity index (χ3v) is 5.26. The zero-order chi connectivity index (χ0) is 23.6. The number of aliphatic hydroxyl groups is 1. The van der Waals surface area contributed by atoms with E-state index >= 15 is 0 Å². The van der Waals surface area contributed by atoms with E-state index < -0.39 is 35.1 Å². The lowest BCUT2D eigenvalue weighted by molar-refractivity contribution is 0.181. The number of urea groups is 1. The Bertz CT molecular complexity index is 1240. The highest BCUT2D eigenvalue weighted by Gasteiger charge is 2.26. The number of aliphatic hydroxyl groups excluding tert-OH is 1. The molecule has 2 aromatic carbocycles. The Balaban J connectivity index is 2.04. The average molecular weight is 469 g/mol. The number of anilines is 1. The number of nitrogens with zero attached hydrogens (tertiary/aromatic N) is 3. The van der Waals surface area contributed by atoms with Gasteiger partial charge in [-0.3, -0.25) is 4.79 Å². The Kier molecular flexibility index (Phi) is 7.05. The second-order valence-corrected chi connectivity index (χ2v) is 7.54. The first-order valence-electron chi connectivity index (χ1n) is 9.63. The summed E-state index contributed by atoms with van der Waals surface area (Å²) in [5.74, 6) is -2.99. The normalized spacial score (nSPS) is 12.1. The molecule has 2 amide bonds. The molecule has 3 rings (SSSR count). The predicted molar refractivity (Wildman–Crippen MR) is 114 cm³/mol. The smallest absolute Gasteiger partial charge is 0.322 e. The van der Waals surface area contributed by atoms with Crippen molar-refractivity contribution < 1.29 is 23.1 Å². The largest absolute Gasteiger partial charge is 0.396 e. The zero-order valence-corrected chi connectivity index (χ0v) is 18.0. The van der Waals surface area contributed by atoms with Crippen LogP contribution in [0.15, 0.2) is 35.1 Å². The van der Waals surface area contributed by atoms with E-state index in [1.54, 1.807) is 6.92 Å². The molecule has 0 spiro atoms. The molecule has 0 saturated heterocycles. The Morgan fingerprint density at radius 2 is 1.84 bits per heavy atom. The number of nitrogens with one attached hydrogen (secondary N) is 1. The van der Waals surface area contributed by atoms with E-state index in [0.29, 0.717) is 0 Å². The topological polar surface area (TPSA) is 87.5 Å². The second kappa shape index (κ2) is 9.58. The lowest BCUT2D eigenvalue weighted by Gasteiger charge is -2.29. The number of aromatic nitrogens is 2. The van der Waals surface area contributed by atoms with Crippen LogP contribution in [0, 0.1) is 17.5 Å². The minimum Gasteiger partial charge on any atom is -0.396 e.